The molecule has 0 amide bonds. The SMILES string of the molecule is CCCCNC(=S)N(Cc1cc2cccc(C)c2[nH]c1=O)C1CCCC1. The maximum Gasteiger partial charge on any atom is 0.253 e. The van der Waals surface area contributed by atoms with Gasteiger partial charge in [-0.05, 0) is 55.4 Å². The number of hydrogen-bond acceptors (Lipinski definition) is 2. The van der Waals surface area contributed by atoms with E-state index in [9.17, 15) is 4.79 Å². The summed E-state index contributed by atoms with van der Waals surface area (Å²) in [6.45, 7) is 5.67. The molecular formula is C21H29N3OS. The minimum Gasteiger partial charge on any atom is -0.363 e. The molecule has 1 saturated carbocycles. The van der Waals surface area contributed by atoms with E-state index in [4.69, 9.17) is 12.2 Å². The third-order valence-corrected chi connectivity index (χ3v) is 5.72. The van der Waals surface area contributed by atoms with Crippen molar-refractivity contribution in [2.75, 3.05) is 6.54 Å². The van der Waals surface area contributed by atoms with Crippen LogP contribution >= 0.6 is 12.2 Å². The molecule has 1 fully saturated rings. The van der Waals surface area contributed by atoms with Crippen molar-refractivity contribution in [3.8, 4) is 0 Å². The average Bonchev–Trinajstić information content (AvgIpc) is 3.15. The van der Waals surface area contributed by atoms with Crippen molar-refractivity contribution in [1.82, 2.24) is 15.2 Å². The lowest BCUT2D eigenvalue weighted by Gasteiger charge is -2.31. The lowest BCUT2D eigenvalue weighted by atomic mass is 10.1. The van der Waals surface area contributed by atoms with E-state index in [0.717, 1.165) is 59.4 Å². The minimum absolute atomic E-state index is 0.00819. The molecule has 26 heavy (non-hydrogen) atoms. The third-order valence-electron chi connectivity index (χ3n) is 5.34. The molecule has 0 saturated heterocycles. The van der Waals surface area contributed by atoms with Crippen molar-refractivity contribution in [3.63, 3.8) is 0 Å². The van der Waals surface area contributed by atoms with E-state index in [1.54, 1.807) is 0 Å². The number of benzene rings is 1. The summed E-state index contributed by atoms with van der Waals surface area (Å²) in [5.74, 6) is 0. The summed E-state index contributed by atoms with van der Waals surface area (Å²) in [4.78, 5) is 18.0. The van der Waals surface area contributed by atoms with Crippen LogP contribution in [0.4, 0.5) is 0 Å². The number of rotatable bonds is 6. The molecule has 0 spiro atoms. The number of H-pyrrole nitrogens is 1. The maximum absolute atomic E-state index is 12.7. The normalized spacial score (nSPS) is 14.7. The standard InChI is InChI=1S/C21H29N3OS/c1-3-4-12-22-21(26)24(18-10-5-6-11-18)14-17-13-16-9-7-8-15(2)19(16)23-20(17)25/h7-9,13,18H,3-6,10-12,14H2,1-2H3,(H,22,26)(H,23,25). The van der Waals surface area contributed by atoms with Gasteiger partial charge in [0.05, 0.1) is 12.1 Å². The lowest BCUT2D eigenvalue weighted by molar-refractivity contribution is 0.302. The van der Waals surface area contributed by atoms with E-state index in [0.29, 0.717) is 12.6 Å². The molecule has 2 aromatic rings. The first-order valence-electron chi connectivity index (χ1n) is 9.76. The highest BCUT2D eigenvalue weighted by molar-refractivity contribution is 7.80. The van der Waals surface area contributed by atoms with E-state index >= 15 is 0 Å². The van der Waals surface area contributed by atoms with Gasteiger partial charge in [-0.25, -0.2) is 0 Å². The zero-order chi connectivity index (χ0) is 18.5. The molecule has 2 N–H and O–H groups in total. The van der Waals surface area contributed by atoms with Gasteiger partial charge in [0, 0.05) is 18.2 Å². The largest absolute Gasteiger partial charge is 0.363 e. The van der Waals surface area contributed by atoms with Crippen LogP contribution in [0.5, 0.6) is 0 Å². The highest BCUT2D eigenvalue weighted by Gasteiger charge is 2.25. The van der Waals surface area contributed by atoms with Crippen molar-refractivity contribution in [2.24, 2.45) is 0 Å². The zero-order valence-corrected chi connectivity index (χ0v) is 16.6. The van der Waals surface area contributed by atoms with Crippen LogP contribution < -0.4 is 10.9 Å². The van der Waals surface area contributed by atoms with Gasteiger partial charge in [0.25, 0.3) is 5.56 Å². The molecule has 1 heterocycles. The molecule has 0 bridgehead atoms. The first-order valence-corrected chi connectivity index (χ1v) is 10.2. The van der Waals surface area contributed by atoms with Crippen LogP contribution in [0.15, 0.2) is 29.1 Å². The van der Waals surface area contributed by atoms with Gasteiger partial charge >= 0.3 is 0 Å². The predicted octanol–water partition coefficient (Wildman–Crippen LogP) is 4.26. The zero-order valence-electron chi connectivity index (χ0n) is 15.8. The van der Waals surface area contributed by atoms with Crippen LogP contribution in [0.2, 0.25) is 0 Å². The number of nitrogens with zero attached hydrogens (tertiary/aromatic N) is 1. The van der Waals surface area contributed by atoms with Crippen LogP contribution in [0, 0.1) is 6.92 Å². The van der Waals surface area contributed by atoms with Crippen molar-refractivity contribution in [3.05, 3.63) is 45.7 Å². The van der Waals surface area contributed by atoms with Gasteiger partial charge in [-0.15, -0.1) is 0 Å². The summed E-state index contributed by atoms with van der Waals surface area (Å²) >= 11 is 5.69. The van der Waals surface area contributed by atoms with E-state index in [1.807, 2.05) is 25.1 Å². The van der Waals surface area contributed by atoms with Gasteiger partial charge in [-0.3, -0.25) is 4.79 Å². The highest BCUT2D eigenvalue weighted by Crippen LogP contribution is 2.25. The molecule has 1 aromatic heterocycles. The van der Waals surface area contributed by atoms with E-state index < -0.39 is 0 Å². The number of aryl methyl sites for hydroxylation is 1. The minimum atomic E-state index is -0.00819. The van der Waals surface area contributed by atoms with Crippen molar-refractivity contribution < 1.29 is 0 Å². The first kappa shape index (κ1) is 18.9. The number of fused-ring (bicyclic) bond motifs is 1. The van der Waals surface area contributed by atoms with Crippen molar-refractivity contribution >= 4 is 28.2 Å². The van der Waals surface area contributed by atoms with Crippen molar-refractivity contribution in [1.29, 1.82) is 0 Å². The first-order chi connectivity index (χ1) is 12.6. The maximum atomic E-state index is 12.7. The Morgan fingerprint density at radius 2 is 2.12 bits per heavy atom. The van der Waals surface area contributed by atoms with E-state index in [2.05, 4.69) is 28.2 Å². The summed E-state index contributed by atoms with van der Waals surface area (Å²) in [7, 11) is 0. The Balaban J connectivity index is 1.86. The number of para-hydroxylation sites is 1. The summed E-state index contributed by atoms with van der Waals surface area (Å²) in [6, 6.07) is 8.57. The second kappa shape index (κ2) is 8.67. The summed E-state index contributed by atoms with van der Waals surface area (Å²) in [6.07, 6.45) is 7.04. The Morgan fingerprint density at radius 3 is 2.85 bits per heavy atom. The average molecular weight is 372 g/mol. The van der Waals surface area contributed by atoms with Crippen molar-refractivity contribution in [2.45, 2.75) is 65.0 Å². The van der Waals surface area contributed by atoms with Gasteiger partial charge in [0.15, 0.2) is 5.11 Å². The molecular weight excluding hydrogens is 342 g/mol. The quantitative estimate of drug-likeness (QED) is 0.588. The molecule has 0 unspecified atom stereocenters. The Hall–Kier alpha value is -1.88. The van der Waals surface area contributed by atoms with Crippen LogP contribution in [-0.2, 0) is 6.54 Å². The van der Waals surface area contributed by atoms with Gasteiger partial charge in [-0.1, -0.05) is 44.4 Å². The fourth-order valence-corrected chi connectivity index (χ4v) is 4.10. The molecule has 1 aromatic carbocycles. The molecule has 0 radical (unpaired) electrons. The Labute approximate surface area is 161 Å². The van der Waals surface area contributed by atoms with Gasteiger partial charge in [-0.2, -0.15) is 0 Å². The lowest BCUT2D eigenvalue weighted by Crippen LogP contribution is -2.45. The fraction of sp³-hybridized carbons (Fsp3) is 0.524. The Morgan fingerprint density at radius 1 is 1.35 bits per heavy atom. The predicted molar refractivity (Wildman–Crippen MR) is 113 cm³/mol. The second-order valence-corrected chi connectivity index (χ2v) is 7.70. The second-order valence-electron chi connectivity index (χ2n) is 7.31. The summed E-state index contributed by atoms with van der Waals surface area (Å²) in [5, 5.41) is 5.26. The summed E-state index contributed by atoms with van der Waals surface area (Å²) < 4.78 is 0. The molecule has 0 atom stereocenters. The molecule has 5 heteroatoms. The van der Waals surface area contributed by atoms with Gasteiger partial charge < -0.3 is 15.2 Å². The number of aromatic amines is 1. The Kier molecular flexibility index (Phi) is 6.30. The van der Waals surface area contributed by atoms with Crippen LogP contribution in [-0.4, -0.2) is 27.6 Å². The smallest absolute Gasteiger partial charge is 0.253 e. The molecule has 1 aliphatic rings. The van der Waals surface area contributed by atoms with Crippen LogP contribution in [0.25, 0.3) is 10.9 Å². The van der Waals surface area contributed by atoms with Gasteiger partial charge in [0.2, 0.25) is 0 Å². The topological polar surface area (TPSA) is 48.1 Å². The number of hydrogen-bond donors (Lipinski definition) is 2. The Bertz CT molecular complexity index is 824. The molecule has 1 aliphatic carbocycles. The van der Waals surface area contributed by atoms with E-state index in [-0.39, 0.29) is 5.56 Å². The number of pyridine rings is 1. The molecule has 3 rings (SSSR count). The van der Waals surface area contributed by atoms with Crippen LogP contribution in [0.3, 0.4) is 0 Å². The monoisotopic (exact) mass is 371 g/mol. The van der Waals surface area contributed by atoms with E-state index in [1.165, 1.54) is 12.8 Å². The van der Waals surface area contributed by atoms with Gasteiger partial charge in [0.1, 0.15) is 0 Å². The molecule has 140 valence electrons. The van der Waals surface area contributed by atoms with Crippen LogP contribution in [0.1, 0.15) is 56.6 Å². The molecule has 0 aliphatic heterocycles. The number of unbranched alkanes of at least 4 members (excludes halogenated alkanes) is 1. The number of nitrogens with one attached hydrogen (secondary N) is 2. The number of thiocarbonyl (C=S) groups is 1. The number of aromatic nitrogens is 1. The molecule has 4 nitrogen and oxygen atoms in total. The highest BCUT2D eigenvalue weighted by atomic mass is 32.1. The summed E-state index contributed by atoms with van der Waals surface area (Å²) in [5.41, 5.74) is 2.80. The third kappa shape index (κ3) is 4.26. The fourth-order valence-electron chi connectivity index (χ4n) is 3.79.